The van der Waals surface area contributed by atoms with Crippen molar-refractivity contribution in [3.63, 3.8) is 0 Å². The first-order valence-corrected chi connectivity index (χ1v) is 10.9. The molecular formula is C21H17FN4O2S2. The fourth-order valence-corrected chi connectivity index (χ4v) is 4.64. The van der Waals surface area contributed by atoms with Crippen LogP contribution in [0.2, 0.25) is 0 Å². The molecule has 6 nitrogen and oxygen atoms in total. The molecule has 0 radical (unpaired) electrons. The zero-order valence-electron chi connectivity index (χ0n) is 15.7. The molecule has 2 aromatic heterocycles. The van der Waals surface area contributed by atoms with Crippen LogP contribution in [-0.4, -0.2) is 21.3 Å². The van der Waals surface area contributed by atoms with E-state index < -0.39 is 0 Å². The van der Waals surface area contributed by atoms with Crippen molar-refractivity contribution >= 4 is 39.2 Å². The molecule has 4 rings (SSSR count). The maximum absolute atomic E-state index is 12.9. The summed E-state index contributed by atoms with van der Waals surface area (Å²) < 4.78 is 13.9. The Bertz CT molecular complexity index is 1250. The Morgan fingerprint density at radius 2 is 1.90 bits per heavy atom. The summed E-state index contributed by atoms with van der Waals surface area (Å²) in [6.07, 6.45) is 0. The molecule has 0 aliphatic rings. The normalized spacial score (nSPS) is 11.0. The van der Waals surface area contributed by atoms with Crippen molar-refractivity contribution in [3.05, 3.63) is 81.7 Å². The molecule has 2 aromatic carbocycles. The van der Waals surface area contributed by atoms with Gasteiger partial charge in [0.05, 0.1) is 11.1 Å². The minimum Gasteiger partial charge on any atom is -0.351 e. The van der Waals surface area contributed by atoms with Gasteiger partial charge in [-0.1, -0.05) is 54.2 Å². The van der Waals surface area contributed by atoms with Crippen LogP contribution in [0.3, 0.4) is 0 Å². The summed E-state index contributed by atoms with van der Waals surface area (Å²) in [5, 5.41) is 5.38. The highest BCUT2D eigenvalue weighted by molar-refractivity contribution is 7.99. The van der Waals surface area contributed by atoms with E-state index in [0.29, 0.717) is 10.2 Å². The number of hydrogen-bond donors (Lipinski definition) is 2. The highest BCUT2D eigenvalue weighted by atomic mass is 32.2. The maximum atomic E-state index is 12.9. The van der Waals surface area contributed by atoms with E-state index in [-0.39, 0.29) is 34.7 Å². The molecule has 0 spiro atoms. The highest BCUT2D eigenvalue weighted by Gasteiger charge is 2.17. The molecule has 0 fully saturated rings. The van der Waals surface area contributed by atoms with Crippen molar-refractivity contribution in [2.75, 3.05) is 11.6 Å². The molecule has 0 saturated carbocycles. The van der Waals surface area contributed by atoms with Crippen LogP contribution in [0.1, 0.15) is 5.56 Å². The molecular weight excluding hydrogens is 423 g/mol. The molecule has 0 bridgehead atoms. The molecule has 30 heavy (non-hydrogen) atoms. The molecule has 4 aromatic rings. The van der Waals surface area contributed by atoms with E-state index in [9.17, 15) is 14.0 Å². The summed E-state index contributed by atoms with van der Waals surface area (Å²) >= 11 is 2.45. The summed E-state index contributed by atoms with van der Waals surface area (Å²) in [6, 6.07) is 15.5. The van der Waals surface area contributed by atoms with E-state index in [4.69, 9.17) is 5.84 Å². The Balaban J connectivity index is 1.48. The summed E-state index contributed by atoms with van der Waals surface area (Å²) in [4.78, 5) is 30.1. The topological polar surface area (TPSA) is 90.0 Å². The van der Waals surface area contributed by atoms with Crippen LogP contribution in [0.4, 0.5) is 4.39 Å². The van der Waals surface area contributed by atoms with E-state index in [1.54, 1.807) is 12.1 Å². The lowest BCUT2D eigenvalue weighted by Crippen LogP contribution is -2.30. The number of nitrogen functional groups attached to an aromatic ring is 1. The fraction of sp³-hybridized carbons (Fsp3) is 0.0952. The van der Waals surface area contributed by atoms with Crippen LogP contribution in [0, 0.1) is 5.82 Å². The number of nitrogens with zero attached hydrogens (tertiary/aromatic N) is 2. The Kier molecular flexibility index (Phi) is 5.82. The van der Waals surface area contributed by atoms with Gasteiger partial charge in [0.15, 0.2) is 5.16 Å². The monoisotopic (exact) mass is 440 g/mol. The first-order chi connectivity index (χ1) is 14.5. The third-order valence-corrected chi connectivity index (χ3v) is 6.25. The number of amides is 1. The lowest BCUT2D eigenvalue weighted by atomic mass is 10.1. The number of aromatic nitrogens is 2. The van der Waals surface area contributed by atoms with Crippen molar-refractivity contribution in [1.82, 2.24) is 15.0 Å². The molecule has 1 amide bonds. The number of hydrogen-bond acceptors (Lipinski definition) is 6. The Labute approximate surface area is 179 Å². The number of carbonyl (C=O) groups is 1. The molecule has 152 valence electrons. The van der Waals surface area contributed by atoms with E-state index in [2.05, 4.69) is 10.3 Å². The Morgan fingerprint density at radius 3 is 2.63 bits per heavy atom. The summed E-state index contributed by atoms with van der Waals surface area (Å²) in [5.41, 5.74) is 2.15. The smallest absolute Gasteiger partial charge is 0.282 e. The van der Waals surface area contributed by atoms with Crippen molar-refractivity contribution in [2.24, 2.45) is 0 Å². The van der Waals surface area contributed by atoms with E-state index in [1.807, 2.05) is 35.7 Å². The SMILES string of the molecule is Nn1c(SCC(=O)NCc2ccc(F)cc2)nc2scc(-c3ccccc3)c2c1=O. The number of nitrogens with two attached hydrogens (primary N) is 1. The van der Waals surface area contributed by atoms with Gasteiger partial charge in [-0.05, 0) is 23.3 Å². The Hall–Kier alpha value is -3.17. The first-order valence-electron chi connectivity index (χ1n) is 9.01. The quantitative estimate of drug-likeness (QED) is 0.273. The van der Waals surface area contributed by atoms with Crippen molar-refractivity contribution in [3.8, 4) is 11.1 Å². The largest absolute Gasteiger partial charge is 0.351 e. The Morgan fingerprint density at radius 1 is 1.17 bits per heavy atom. The average molecular weight is 441 g/mol. The summed E-state index contributed by atoms with van der Waals surface area (Å²) in [5.74, 6) is 5.46. The number of carbonyl (C=O) groups excluding carboxylic acids is 1. The van der Waals surface area contributed by atoms with Gasteiger partial charge in [0.25, 0.3) is 5.56 Å². The van der Waals surface area contributed by atoms with E-state index >= 15 is 0 Å². The summed E-state index contributed by atoms with van der Waals surface area (Å²) in [6.45, 7) is 0.285. The van der Waals surface area contributed by atoms with Crippen LogP contribution in [0.15, 0.2) is 69.9 Å². The first kappa shape index (κ1) is 20.1. The molecule has 2 heterocycles. The standard InChI is InChI=1S/C21H17FN4O2S2/c22-15-8-6-13(7-9-15)10-24-17(27)12-30-21-25-19-18(20(28)26(21)23)16(11-29-19)14-4-2-1-3-5-14/h1-9,11H,10,12,23H2,(H,24,27). The maximum Gasteiger partial charge on any atom is 0.282 e. The van der Waals surface area contributed by atoms with Crippen molar-refractivity contribution in [1.29, 1.82) is 0 Å². The highest BCUT2D eigenvalue weighted by Crippen LogP contribution is 2.31. The second kappa shape index (κ2) is 8.68. The van der Waals surface area contributed by atoms with E-state index in [1.165, 1.54) is 23.5 Å². The molecule has 3 N–H and O–H groups in total. The second-order valence-electron chi connectivity index (χ2n) is 6.46. The molecule has 0 saturated heterocycles. The predicted molar refractivity (Wildman–Crippen MR) is 118 cm³/mol. The van der Waals surface area contributed by atoms with Gasteiger partial charge in [-0.25, -0.2) is 14.1 Å². The van der Waals surface area contributed by atoms with Crippen molar-refractivity contribution < 1.29 is 9.18 Å². The number of nitrogens with one attached hydrogen (secondary N) is 1. The van der Waals surface area contributed by atoms with Gasteiger partial charge in [0, 0.05) is 17.5 Å². The number of halogens is 1. The molecule has 9 heteroatoms. The fourth-order valence-electron chi connectivity index (χ4n) is 2.90. The molecule has 0 aliphatic carbocycles. The van der Waals surface area contributed by atoms with Gasteiger partial charge >= 0.3 is 0 Å². The average Bonchev–Trinajstić information content (AvgIpc) is 3.19. The van der Waals surface area contributed by atoms with Crippen LogP contribution in [0.5, 0.6) is 0 Å². The van der Waals surface area contributed by atoms with Gasteiger partial charge in [-0.2, -0.15) is 0 Å². The number of fused-ring (bicyclic) bond motifs is 1. The van der Waals surface area contributed by atoms with Gasteiger partial charge in [0.2, 0.25) is 5.91 Å². The molecule has 0 aliphatic heterocycles. The third kappa shape index (κ3) is 4.22. The zero-order chi connectivity index (χ0) is 21.1. The number of thioether (sulfide) groups is 1. The second-order valence-corrected chi connectivity index (χ2v) is 8.26. The minimum atomic E-state index is -0.352. The van der Waals surface area contributed by atoms with Gasteiger partial charge in [-0.15, -0.1) is 11.3 Å². The van der Waals surface area contributed by atoms with Crippen molar-refractivity contribution in [2.45, 2.75) is 11.7 Å². The van der Waals surface area contributed by atoms with Gasteiger partial charge in [-0.3, -0.25) is 9.59 Å². The summed E-state index contributed by atoms with van der Waals surface area (Å²) in [7, 11) is 0. The lowest BCUT2D eigenvalue weighted by Gasteiger charge is -2.08. The minimum absolute atomic E-state index is 0.0489. The van der Waals surface area contributed by atoms with Crippen LogP contribution in [-0.2, 0) is 11.3 Å². The molecule has 0 unspecified atom stereocenters. The predicted octanol–water partition coefficient (Wildman–Crippen LogP) is 3.39. The van der Waals surface area contributed by atoms with E-state index in [0.717, 1.165) is 33.1 Å². The molecule has 0 atom stereocenters. The van der Waals surface area contributed by atoms with Gasteiger partial charge < -0.3 is 11.2 Å². The van der Waals surface area contributed by atoms with Crippen LogP contribution in [0.25, 0.3) is 21.3 Å². The zero-order valence-corrected chi connectivity index (χ0v) is 17.3. The lowest BCUT2D eigenvalue weighted by molar-refractivity contribution is -0.118. The van der Waals surface area contributed by atoms with Gasteiger partial charge in [0.1, 0.15) is 10.6 Å². The number of benzene rings is 2. The van der Waals surface area contributed by atoms with Crippen LogP contribution >= 0.6 is 23.1 Å². The van der Waals surface area contributed by atoms with Crippen LogP contribution < -0.4 is 16.7 Å². The number of thiophene rings is 1. The number of rotatable bonds is 6. The third-order valence-electron chi connectivity index (χ3n) is 4.43.